The van der Waals surface area contributed by atoms with Gasteiger partial charge in [0.05, 0.1) is 19.6 Å². The minimum atomic E-state index is -0.0547. The van der Waals surface area contributed by atoms with Crippen molar-refractivity contribution in [3.05, 3.63) is 42.0 Å². The van der Waals surface area contributed by atoms with Gasteiger partial charge in [0.2, 0.25) is 5.78 Å². The van der Waals surface area contributed by atoms with E-state index in [9.17, 15) is 4.79 Å². The minimum Gasteiger partial charge on any atom is -0.496 e. The summed E-state index contributed by atoms with van der Waals surface area (Å²) < 4.78 is 6.98. The molecule has 94 valence electrons. The van der Waals surface area contributed by atoms with Gasteiger partial charge in [0.25, 0.3) is 0 Å². The lowest BCUT2D eigenvalue weighted by Gasteiger charge is -2.08. The van der Waals surface area contributed by atoms with Crippen LogP contribution >= 0.6 is 11.8 Å². The number of ketones is 1. The molecule has 0 saturated carbocycles. The van der Waals surface area contributed by atoms with Crippen LogP contribution in [0.3, 0.4) is 0 Å². The summed E-state index contributed by atoms with van der Waals surface area (Å²) in [5.74, 6) is 0.663. The van der Waals surface area contributed by atoms with E-state index in [1.807, 2.05) is 18.4 Å². The number of hydrogen-bond donors (Lipinski definition) is 0. The largest absolute Gasteiger partial charge is 0.496 e. The molecule has 0 fully saturated rings. The average molecular weight is 262 g/mol. The molecule has 0 amide bonds. The Bertz CT molecular complexity index is 578. The van der Waals surface area contributed by atoms with Gasteiger partial charge in [0.1, 0.15) is 11.4 Å². The number of nitrogens with zero attached hydrogens (tertiary/aromatic N) is 2. The zero-order valence-corrected chi connectivity index (χ0v) is 11.3. The Morgan fingerprint density at radius 2 is 2.22 bits per heavy atom. The van der Waals surface area contributed by atoms with E-state index >= 15 is 0 Å². The van der Waals surface area contributed by atoms with E-state index in [-0.39, 0.29) is 5.78 Å². The fourth-order valence-corrected chi connectivity index (χ4v) is 2.25. The molecule has 0 unspecified atom stereocenters. The van der Waals surface area contributed by atoms with Crippen LogP contribution in [0.4, 0.5) is 0 Å². The first-order chi connectivity index (χ1) is 8.67. The molecule has 0 aliphatic rings. The van der Waals surface area contributed by atoms with Crippen LogP contribution < -0.4 is 4.74 Å². The minimum absolute atomic E-state index is 0.0547. The predicted octanol–water partition coefficient (Wildman–Crippen LogP) is 2.38. The summed E-state index contributed by atoms with van der Waals surface area (Å²) in [5, 5.41) is 0. The molecule has 0 aliphatic heterocycles. The number of aryl methyl sites for hydroxylation is 1. The third-order valence-corrected chi connectivity index (χ3v) is 3.47. The van der Waals surface area contributed by atoms with Crippen molar-refractivity contribution >= 4 is 17.5 Å². The highest BCUT2D eigenvalue weighted by Crippen LogP contribution is 2.29. The highest BCUT2D eigenvalue weighted by Gasteiger charge is 2.14. The van der Waals surface area contributed by atoms with Crippen molar-refractivity contribution in [2.24, 2.45) is 7.05 Å². The fourth-order valence-electron chi connectivity index (χ4n) is 1.70. The number of imidazole rings is 1. The standard InChI is InChI=1S/C13H14N2O2S/c1-15-8-14-7-10(15)13(16)9-4-5-12(18-3)11(6-9)17-2/h4-8H,1-3H3. The summed E-state index contributed by atoms with van der Waals surface area (Å²) in [7, 11) is 3.40. The SMILES string of the molecule is COc1cc(C(=O)c2cncn2C)ccc1SC. The van der Waals surface area contributed by atoms with Gasteiger partial charge in [0.15, 0.2) is 0 Å². The fraction of sp³-hybridized carbons (Fsp3) is 0.231. The molecule has 2 aromatic rings. The molecule has 1 aromatic heterocycles. The molecule has 5 heteroatoms. The second kappa shape index (κ2) is 5.27. The molecular formula is C13H14N2O2S. The summed E-state index contributed by atoms with van der Waals surface area (Å²) in [6.45, 7) is 0. The van der Waals surface area contributed by atoms with Crippen molar-refractivity contribution in [3.8, 4) is 5.75 Å². The van der Waals surface area contributed by atoms with Crippen LogP contribution in [0.5, 0.6) is 5.75 Å². The summed E-state index contributed by atoms with van der Waals surface area (Å²) >= 11 is 1.59. The van der Waals surface area contributed by atoms with Crippen LogP contribution in [0.25, 0.3) is 0 Å². The first kappa shape index (κ1) is 12.7. The number of aromatic nitrogens is 2. The van der Waals surface area contributed by atoms with Gasteiger partial charge < -0.3 is 9.30 Å². The Morgan fingerprint density at radius 3 is 2.78 bits per heavy atom. The molecule has 4 nitrogen and oxygen atoms in total. The van der Waals surface area contributed by atoms with E-state index in [1.54, 1.807) is 49.1 Å². The second-order valence-electron chi connectivity index (χ2n) is 3.79. The Morgan fingerprint density at radius 1 is 1.44 bits per heavy atom. The number of carbonyl (C=O) groups is 1. The molecule has 0 atom stereocenters. The molecule has 1 aromatic carbocycles. The van der Waals surface area contributed by atoms with Crippen LogP contribution in [-0.2, 0) is 7.05 Å². The topological polar surface area (TPSA) is 44.1 Å². The Hall–Kier alpha value is -1.75. The van der Waals surface area contributed by atoms with E-state index in [2.05, 4.69) is 4.98 Å². The third kappa shape index (κ3) is 2.26. The zero-order valence-electron chi connectivity index (χ0n) is 10.5. The highest BCUT2D eigenvalue weighted by molar-refractivity contribution is 7.98. The lowest BCUT2D eigenvalue weighted by Crippen LogP contribution is -2.07. The van der Waals surface area contributed by atoms with Crippen molar-refractivity contribution < 1.29 is 9.53 Å². The average Bonchev–Trinajstić information content (AvgIpc) is 2.83. The third-order valence-electron chi connectivity index (χ3n) is 2.70. The van der Waals surface area contributed by atoms with Crippen LogP contribution in [0.15, 0.2) is 35.6 Å². The van der Waals surface area contributed by atoms with Gasteiger partial charge in [-0.25, -0.2) is 4.98 Å². The van der Waals surface area contributed by atoms with Gasteiger partial charge in [-0.05, 0) is 24.5 Å². The molecular weight excluding hydrogens is 248 g/mol. The van der Waals surface area contributed by atoms with E-state index in [0.717, 1.165) is 10.6 Å². The second-order valence-corrected chi connectivity index (χ2v) is 4.64. The highest BCUT2D eigenvalue weighted by atomic mass is 32.2. The number of carbonyl (C=O) groups excluding carboxylic acids is 1. The maximum absolute atomic E-state index is 12.3. The molecule has 1 heterocycles. The van der Waals surface area contributed by atoms with E-state index in [1.165, 1.54) is 0 Å². The van der Waals surface area contributed by atoms with Gasteiger partial charge in [-0.2, -0.15) is 0 Å². The van der Waals surface area contributed by atoms with Gasteiger partial charge >= 0.3 is 0 Å². The Kier molecular flexibility index (Phi) is 3.72. The van der Waals surface area contributed by atoms with E-state index in [4.69, 9.17) is 4.74 Å². The number of benzene rings is 1. The number of thioether (sulfide) groups is 1. The maximum atomic E-state index is 12.3. The summed E-state index contributed by atoms with van der Waals surface area (Å²) in [4.78, 5) is 17.2. The van der Waals surface area contributed by atoms with Gasteiger partial charge in [0, 0.05) is 17.5 Å². The monoisotopic (exact) mass is 262 g/mol. The van der Waals surface area contributed by atoms with Crippen LogP contribution in [0.2, 0.25) is 0 Å². The van der Waals surface area contributed by atoms with Crippen molar-refractivity contribution in [1.82, 2.24) is 9.55 Å². The first-order valence-electron chi connectivity index (χ1n) is 5.40. The molecule has 0 radical (unpaired) electrons. The maximum Gasteiger partial charge on any atom is 0.211 e. The molecule has 0 spiro atoms. The Balaban J connectivity index is 2.40. The number of methoxy groups -OCH3 is 1. The van der Waals surface area contributed by atoms with E-state index in [0.29, 0.717) is 11.3 Å². The predicted molar refractivity (Wildman–Crippen MR) is 71.4 cm³/mol. The number of rotatable bonds is 4. The van der Waals surface area contributed by atoms with Gasteiger partial charge in [-0.3, -0.25) is 4.79 Å². The van der Waals surface area contributed by atoms with Crippen molar-refractivity contribution in [1.29, 1.82) is 0 Å². The molecule has 2 rings (SSSR count). The first-order valence-corrected chi connectivity index (χ1v) is 6.63. The molecule has 0 N–H and O–H groups in total. The van der Waals surface area contributed by atoms with Crippen LogP contribution in [0.1, 0.15) is 16.1 Å². The molecule has 0 bridgehead atoms. The summed E-state index contributed by atoms with van der Waals surface area (Å²) in [6.07, 6.45) is 5.15. The van der Waals surface area contributed by atoms with Crippen LogP contribution in [0, 0.1) is 0 Å². The molecule has 0 saturated heterocycles. The normalized spacial score (nSPS) is 10.4. The van der Waals surface area contributed by atoms with Crippen molar-refractivity contribution in [3.63, 3.8) is 0 Å². The molecule has 18 heavy (non-hydrogen) atoms. The quantitative estimate of drug-likeness (QED) is 0.627. The number of hydrogen-bond acceptors (Lipinski definition) is 4. The van der Waals surface area contributed by atoms with Gasteiger partial charge in [-0.1, -0.05) is 0 Å². The van der Waals surface area contributed by atoms with Crippen molar-refractivity contribution in [2.45, 2.75) is 4.90 Å². The lowest BCUT2D eigenvalue weighted by atomic mass is 10.1. The van der Waals surface area contributed by atoms with Crippen LogP contribution in [-0.4, -0.2) is 28.7 Å². The van der Waals surface area contributed by atoms with Crippen molar-refractivity contribution in [2.75, 3.05) is 13.4 Å². The van der Waals surface area contributed by atoms with E-state index < -0.39 is 0 Å². The number of ether oxygens (including phenoxy) is 1. The Labute approximate surface area is 110 Å². The molecule has 0 aliphatic carbocycles. The lowest BCUT2D eigenvalue weighted by molar-refractivity contribution is 0.103. The summed E-state index contributed by atoms with van der Waals surface area (Å²) in [5.41, 5.74) is 1.17. The zero-order chi connectivity index (χ0) is 13.1. The summed E-state index contributed by atoms with van der Waals surface area (Å²) in [6, 6.07) is 5.47. The van der Waals surface area contributed by atoms with Gasteiger partial charge in [-0.15, -0.1) is 11.8 Å². The smallest absolute Gasteiger partial charge is 0.211 e.